The maximum absolute atomic E-state index is 11.4. The number of esters is 1. The molecule has 0 heterocycles. The van der Waals surface area contributed by atoms with Gasteiger partial charge in [-0.05, 0) is 86.4 Å². The van der Waals surface area contributed by atoms with Crippen molar-refractivity contribution < 1.29 is 14.6 Å². The summed E-state index contributed by atoms with van der Waals surface area (Å²) in [7, 11) is 0. The van der Waals surface area contributed by atoms with E-state index in [1.807, 2.05) is 6.92 Å². The van der Waals surface area contributed by atoms with Crippen LogP contribution in [-0.4, -0.2) is 23.3 Å². The van der Waals surface area contributed by atoms with E-state index in [1.165, 1.54) is 39.0 Å². The van der Waals surface area contributed by atoms with Gasteiger partial charge in [0.2, 0.25) is 0 Å². The highest BCUT2D eigenvalue weighted by atomic mass is 16.5. The molecule has 146 valence electrons. The topological polar surface area (TPSA) is 46.5 Å². The van der Waals surface area contributed by atoms with Gasteiger partial charge in [-0.2, -0.15) is 0 Å². The summed E-state index contributed by atoms with van der Waals surface area (Å²) >= 11 is 0. The van der Waals surface area contributed by atoms with E-state index in [4.69, 9.17) is 4.74 Å². The molecule has 0 aromatic heterocycles. The van der Waals surface area contributed by atoms with E-state index in [2.05, 4.69) is 19.9 Å². The molecule has 3 heteroatoms. The summed E-state index contributed by atoms with van der Waals surface area (Å²) in [4.78, 5) is 11.4. The first-order valence-electron chi connectivity index (χ1n) is 10.8. The highest BCUT2D eigenvalue weighted by Gasteiger charge is 2.59. The number of hydrogen-bond donors (Lipinski definition) is 1. The number of carbonyl (C=O) groups excluding carboxylic acids is 1. The molecule has 0 amide bonds. The van der Waals surface area contributed by atoms with Crippen molar-refractivity contribution in [1.82, 2.24) is 0 Å². The van der Waals surface area contributed by atoms with Crippen molar-refractivity contribution in [3.8, 4) is 0 Å². The van der Waals surface area contributed by atoms with Crippen LogP contribution in [0, 0.1) is 34.5 Å². The number of ether oxygens (including phenoxy) is 1. The van der Waals surface area contributed by atoms with Crippen LogP contribution in [-0.2, 0) is 9.53 Å². The minimum absolute atomic E-state index is 0.0864. The van der Waals surface area contributed by atoms with E-state index in [1.54, 1.807) is 5.57 Å². The molecule has 1 N–H and O–H groups in total. The van der Waals surface area contributed by atoms with Gasteiger partial charge in [-0.1, -0.05) is 25.5 Å². The molecule has 0 spiro atoms. The zero-order valence-corrected chi connectivity index (χ0v) is 17.0. The lowest BCUT2D eigenvalue weighted by molar-refractivity contribution is -0.148. The maximum atomic E-state index is 11.4. The van der Waals surface area contributed by atoms with Crippen LogP contribution in [0.3, 0.4) is 0 Å². The predicted molar refractivity (Wildman–Crippen MR) is 102 cm³/mol. The summed E-state index contributed by atoms with van der Waals surface area (Å²) in [6.45, 7) is 8.49. The van der Waals surface area contributed by atoms with Crippen molar-refractivity contribution in [3.05, 3.63) is 11.6 Å². The Morgan fingerprint density at radius 2 is 1.96 bits per heavy atom. The molecule has 4 aliphatic carbocycles. The molecule has 26 heavy (non-hydrogen) atoms. The Labute approximate surface area is 158 Å². The minimum atomic E-state index is -0.175. The number of rotatable bonds is 2. The molecule has 4 rings (SSSR count). The SMILES string of the molecule is CC(=O)OC1CC[C@@]2(C)C(=CCC3C4CCC(C(C)O)[C@@]4(C)CCC32)C1. The van der Waals surface area contributed by atoms with Crippen molar-refractivity contribution in [2.75, 3.05) is 0 Å². The van der Waals surface area contributed by atoms with Gasteiger partial charge in [-0.25, -0.2) is 0 Å². The summed E-state index contributed by atoms with van der Waals surface area (Å²) in [5.74, 6) is 2.65. The zero-order valence-electron chi connectivity index (χ0n) is 17.0. The fourth-order valence-electron chi connectivity index (χ4n) is 7.80. The second-order valence-corrected chi connectivity index (χ2v) is 10.2. The molecule has 0 aromatic carbocycles. The van der Waals surface area contributed by atoms with E-state index >= 15 is 0 Å². The summed E-state index contributed by atoms with van der Waals surface area (Å²) in [6.07, 6.45) is 11.8. The van der Waals surface area contributed by atoms with Gasteiger partial charge in [0.15, 0.2) is 0 Å². The van der Waals surface area contributed by atoms with Crippen LogP contribution in [0.2, 0.25) is 0 Å². The lowest BCUT2D eigenvalue weighted by Crippen LogP contribution is -2.51. The first-order valence-corrected chi connectivity index (χ1v) is 10.8. The normalized spacial score (nSPS) is 48.7. The Bertz CT molecular complexity index is 609. The summed E-state index contributed by atoms with van der Waals surface area (Å²) in [5.41, 5.74) is 2.18. The number of fused-ring (bicyclic) bond motifs is 5. The van der Waals surface area contributed by atoms with Gasteiger partial charge in [0.25, 0.3) is 0 Å². The standard InChI is InChI=1S/C23H36O3/c1-14(24)19-7-8-20-18-6-5-16-13-17(26-15(2)25)9-11-22(16,3)21(18)10-12-23(19,20)4/h5,14,17-21,24H,6-13H2,1-4H3/t14?,17?,18?,19?,20?,21?,22-,23+/m0/s1. The molecule has 0 radical (unpaired) electrons. The van der Waals surface area contributed by atoms with Gasteiger partial charge >= 0.3 is 5.97 Å². The predicted octanol–water partition coefficient (Wildman–Crippen LogP) is 4.88. The van der Waals surface area contributed by atoms with Crippen molar-refractivity contribution in [2.24, 2.45) is 34.5 Å². The summed E-state index contributed by atoms with van der Waals surface area (Å²) in [5, 5.41) is 10.3. The van der Waals surface area contributed by atoms with E-state index < -0.39 is 0 Å². The van der Waals surface area contributed by atoms with E-state index in [9.17, 15) is 9.90 Å². The molecule has 4 aliphatic rings. The Kier molecular flexibility index (Phi) is 4.53. The van der Waals surface area contributed by atoms with E-state index in [-0.39, 0.29) is 18.2 Å². The third kappa shape index (κ3) is 2.68. The Balaban J connectivity index is 1.58. The number of allylic oxidation sites excluding steroid dienone is 1. The fourth-order valence-corrected chi connectivity index (χ4v) is 7.80. The van der Waals surface area contributed by atoms with E-state index in [0.29, 0.717) is 16.7 Å². The molecular weight excluding hydrogens is 324 g/mol. The van der Waals surface area contributed by atoms with Crippen LogP contribution >= 0.6 is 0 Å². The smallest absolute Gasteiger partial charge is 0.302 e. The summed E-state index contributed by atoms with van der Waals surface area (Å²) < 4.78 is 5.54. The van der Waals surface area contributed by atoms with Crippen LogP contribution in [0.5, 0.6) is 0 Å². The van der Waals surface area contributed by atoms with Gasteiger partial charge in [0.05, 0.1) is 6.10 Å². The van der Waals surface area contributed by atoms with Crippen LogP contribution in [0.15, 0.2) is 11.6 Å². The van der Waals surface area contributed by atoms with E-state index in [0.717, 1.165) is 37.0 Å². The Morgan fingerprint density at radius 1 is 1.19 bits per heavy atom. The third-order valence-electron chi connectivity index (χ3n) is 9.05. The van der Waals surface area contributed by atoms with Gasteiger partial charge < -0.3 is 9.84 Å². The number of aliphatic hydroxyl groups excluding tert-OH is 1. The fraction of sp³-hybridized carbons (Fsp3) is 0.870. The Morgan fingerprint density at radius 3 is 2.65 bits per heavy atom. The average molecular weight is 361 g/mol. The average Bonchev–Trinajstić information content (AvgIpc) is 2.92. The van der Waals surface area contributed by atoms with Gasteiger partial charge in [0, 0.05) is 13.3 Å². The zero-order chi connectivity index (χ0) is 18.7. The molecule has 0 saturated heterocycles. The second-order valence-electron chi connectivity index (χ2n) is 10.2. The lowest BCUT2D eigenvalue weighted by Gasteiger charge is -2.58. The van der Waals surface area contributed by atoms with Crippen molar-refractivity contribution in [3.63, 3.8) is 0 Å². The number of carbonyl (C=O) groups is 1. The van der Waals surface area contributed by atoms with Crippen LogP contribution in [0.1, 0.15) is 79.1 Å². The minimum Gasteiger partial charge on any atom is -0.462 e. The van der Waals surface area contributed by atoms with Crippen LogP contribution < -0.4 is 0 Å². The Hall–Kier alpha value is -0.830. The molecule has 3 nitrogen and oxygen atoms in total. The van der Waals surface area contributed by atoms with Gasteiger partial charge in [-0.15, -0.1) is 0 Å². The third-order valence-corrected chi connectivity index (χ3v) is 9.05. The van der Waals surface area contributed by atoms with Crippen molar-refractivity contribution in [1.29, 1.82) is 0 Å². The van der Waals surface area contributed by atoms with Gasteiger partial charge in [0.1, 0.15) is 6.10 Å². The second kappa shape index (κ2) is 6.36. The van der Waals surface area contributed by atoms with Crippen molar-refractivity contribution >= 4 is 5.97 Å². The lowest BCUT2D eigenvalue weighted by atomic mass is 9.47. The highest BCUT2D eigenvalue weighted by molar-refractivity contribution is 5.66. The molecule has 0 bridgehead atoms. The molecule has 0 aromatic rings. The van der Waals surface area contributed by atoms with Crippen molar-refractivity contribution in [2.45, 2.75) is 91.3 Å². The monoisotopic (exact) mass is 360 g/mol. The molecular formula is C23H36O3. The van der Waals surface area contributed by atoms with Gasteiger partial charge in [-0.3, -0.25) is 4.79 Å². The van der Waals surface area contributed by atoms with Crippen LogP contribution in [0.4, 0.5) is 0 Å². The molecule has 0 aliphatic heterocycles. The first kappa shape index (κ1) is 18.5. The highest BCUT2D eigenvalue weighted by Crippen LogP contribution is 2.66. The molecule has 3 fully saturated rings. The summed E-state index contributed by atoms with van der Waals surface area (Å²) in [6, 6.07) is 0. The number of hydrogen-bond acceptors (Lipinski definition) is 3. The molecule has 3 saturated carbocycles. The quantitative estimate of drug-likeness (QED) is 0.564. The largest absolute Gasteiger partial charge is 0.462 e. The maximum Gasteiger partial charge on any atom is 0.302 e. The van der Waals surface area contributed by atoms with Crippen LogP contribution in [0.25, 0.3) is 0 Å². The molecule has 8 atom stereocenters. The number of aliphatic hydroxyl groups is 1. The molecule has 6 unspecified atom stereocenters. The first-order chi connectivity index (χ1) is 12.3.